The van der Waals surface area contributed by atoms with Crippen molar-refractivity contribution >= 4 is 11.6 Å². The van der Waals surface area contributed by atoms with E-state index in [1.54, 1.807) is 19.1 Å². The van der Waals surface area contributed by atoms with Gasteiger partial charge in [-0.15, -0.1) is 0 Å². The molecule has 0 aliphatic rings. The van der Waals surface area contributed by atoms with Crippen LogP contribution in [0.3, 0.4) is 0 Å². The number of carbonyl (C=O) groups excluding carboxylic acids is 1. The molecule has 110 valence electrons. The minimum atomic E-state index is -0.602. The molecule has 0 aliphatic carbocycles. The van der Waals surface area contributed by atoms with Crippen molar-refractivity contribution in [3.05, 3.63) is 48.2 Å². The highest BCUT2D eigenvalue weighted by atomic mass is 16.5. The van der Waals surface area contributed by atoms with Gasteiger partial charge in [-0.25, -0.2) is 4.98 Å². The Hall–Kier alpha value is -2.56. The van der Waals surface area contributed by atoms with Gasteiger partial charge < -0.3 is 14.8 Å². The summed E-state index contributed by atoms with van der Waals surface area (Å²) in [5, 5.41) is 2.74. The SMILES string of the molecule is COc1ccc(NC(=O)C(C)Oc2ccc(C)cc2)cn1. The number of pyridine rings is 1. The summed E-state index contributed by atoms with van der Waals surface area (Å²) >= 11 is 0. The molecular formula is C16H18N2O3. The molecule has 1 N–H and O–H groups in total. The van der Waals surface area contributed by atoms with Gasteiger partial charge in [0.2, 0.25) is 5.88 Å². The zero-order chi connectivity index (χ0) is 15.2. The van der Waals surface area contributed by atoms with E-state index in [9.17, 15) is 4.79 Å². The quantitative estimate of drug-likeness (QED) is 0.918. The van der Waals surface area contributed by atoms with Crippen LogP contribution in [0.25, 0.3) is 0 Å². The Morgan fingerprint density at radius 3 is 2.48 bits per heavy atom. The maximum Gasteiger partial charge on any atom is 0.265 e. The normalized spacial score (nSPS) is 11.6. The summed E-state index contributed by atoms with van der Waals surface area (Å²) in [5.41, 5.74) is 1.74. The third kappa shape index (κ3) is 4.21. The van der Waals surface area contributed by atoms with E-state index >= 15 is 0 Å². The number of benzene rings is 1. The van der Waals surface area contributed by atoms with Crippen molar-refractivity contribution in [1.82, 2.24) is 4.98 Å². The first-order chi connectivity index (χ1) is 10.1. The van der Waals surface area contributed by atoms with E-state index in [1.807, 2.05) is 31.2 Å². The third-order valence-corrected chi connectivity index (χ3v) is 2.92. The van der Waals surface area contributed by atoms with Gasteiger partial charge >= 0.3 is 0 Å². The predicted molar refractivity (Wildman–Crippen MR) is 80.7 cm³/mol. The lowest BCUT2D eigenvalue weighted by Crippen LogP contribution is -2.30. The molecule has 1 unspecified atom stereocenters. The molecule has 0 bridgehead atoms. The largest absolute Gasteiger partial charge is 0.481 e. The number of hydrogen-bond donors (Lipinski definition) is 1. The molecule has 0 fully saturated rings. The molecule has 1 amide bonds. The average Bonchev–Trinajstić information content (AvgIpc) is 2.50. The van der Waals surface area contributed by atoms with Crippen molar-refractivity contribution in [3.63, 3.8) is 0 Å². The highest BCUT2D eigenvalue weighted by Crippen LogP contribution is 2.15. The topological polar surface area (TPSA) is 60.5 Å². The Bertz CT molecular complexity index is 594. The lowest BCUT2D eigenvalue weighted by molar-refractivity contribution is -0.122. The summed E-state index contributed by atoms with van der Waals surface area (Å²) in [6, 6.07) is 11.0. The smallest absolute Gasteiger partial charge is 0.265 e. The van der Waals surface area contributed by atoms with E-state index in [0.717, 1.165) is 5.56 Å². The number of methoxy groups -OCH3 is 1. The van der Waals surface area contributed by atoms with Crippen LogP contribution in [0.4, 0.5) is 5.69 Å². The second kappa shape index (κ2) is 6.74. The van der Waals surface area contributed by atoms with Crippen molar-refractivity contribution in [2.24, 2.45) is 0 Å². The summed E-state index contributed by atoms with van der Waals surface area (Å²) in [5.74, 6) is 0.926. The molecular weight excluding hydrogens is 268 g/mol. The van der Waals surface area contributed by atoms with Crippen LogP contribution in [0.5, 0.6) is 11.6 Å². The number of hydrogen-bond acceptors (Lipinski definition) is 4. The van der Waals surface area contributed by atoms with Crippen LogP contribution >= 0.6 is 0 Å². The van der Waals surface area contributed by atoms with Crippen molar-refractivity contribution in [3.8, 4) is 11.6 Å². The summed E-state index contributed by atoms with van der Waals surface area (Å²) in [4.78, 5) is 16.1. The summed E-state index contributed by atoms with van der Waals surface area (Å²) in [7, 11) is 1.54. The fourth-order valence-electron chi connectivity index (χ4n) is 1.69. The van der Waals surface area contributed by atoms with Crippen LogP contribution in [0, 0.1) is 6.92 Å². The Morgan fingerprint density at radius 1 is 1.19 bits per heavy atom. The van der Waals surface area contributed by atoms with E-state index < -0.39 is 6.10 Å². The average molecular weight is 286 g/mol. The summed E-state index contributed by atoms with van der Waals surface area (Å²) in [6.07, 6.45) is 0.935. The molecule has 0 spiro atoms. The fourth-order valence-corrected chi connectivity index (χ4v) is 1.69. The van der Waals surface area contributed by atoms with Gasteiger partial charge in [0, 0.05) is 6.07 Å². The monoisotopic (exact) mass is 286 g/mol. The van der Waals surface area contributed by atoms with Crippen LogP contribution in [-0.4, -0.2) is 24.1 Å². The highest BCUT2D eigenvalue weighted by molar-refractivity contribution is 5.93. The number of anilines is 1. The zero-order valence-electron chi connectivity index (χ0n) is 12.3. The third-order valence-electron chi connectivity index (χ3n) is 2.92. The lowest BCUT2D eigenvalue weighted by Gasteiger charge is -2.14. The second-order valence-corrected chi connectivity index (χ2v) is 4.65. The van der Waals surface area contributed by atoms with Crippen molar-refractivity contribution in [2.75, 3.05) is 12.4 Å². The number of amides is 1. The maximum atomic E-state index is 12.0. The van der Waals surface area contributed by atoms with Gasteiger partial charge in [0.15, 0.2) is 6.10 Å². The summed E-state index contributed by atoms with van der Waals surface area (Å²) in [6.45, 7) is 3.70. The minimum Gasteiger partial charge on any atom is -0.481 e. The van der Waals surface area contributed by atoms with E-state index in [-0.39, 0.29) is 5.91 Å². The predicted octanol–water partition coefficient (Wildman–Crippen LogP) is 2.80. The molecule has 1 aromatic carbocycles. The summed E-state index contributed by atoms with van der Waals surface area (Å²) < 4.78 is 10.6. The van der Waals surface area contributed by atoms with Gasteiger partial charge in [-0.3, -0.25) is 4.79 Å². The zero-order valence-corrected chi connectivity index (χ0v) is 12.3. The number of nitrogens with one attached hydrogen (secondary N) is 1. The minimum absolute atomic E-state index is 0.234. The van der Waals surface area contributed by atoms with Gasteiger partial charge in [0.25, 0.3) is 5.91 Å². The lowest BCUT2D eigenvalue weighted by atomic mass is 10.2. The molecule has 1 heterocycles. The number of aryl methyl sites for hydroxylation is 1. The number of aromatic nitrogens is 1. The van der Waals surface area contributed by atoms with Crippen molar-refractivity contribution in [1.29, 1.82) is 0 Å². The standard InChI is InChI=1S/C16H18N2O3/c1-11-4-7-14(8-5-11)21-12(2)16(19)18-13-6-9-15(20-3)17-10-13/h4-10,12H,1-3H3,(H,18,19). The number of ether oxygens (including phenoxy) is 2. The van der Waals surface area contributed by atoms with Gasteiger partial charge in [0.1, 0.15) is 5.75 Å². The first-order valence-electron chi connectivity index (χ1n) is 6.62. The maximum absolute atomic E-state index is 12.0. The first-order valence-corrected chi connectivity index (χ1v) is 6.62. The number of rotatable bonds is 5. The van der Waals surface area contributed by atoms with Gasteiger partial charge in [0.05, 0.1) is 19.0 Å². The molecule has 2 rings (SSSR count). The van der Waals surface area contributed by atoms with Gasteiger partial charge in [-0.1, -0.05) is 17.7 Å². The van der Waals surface area contributed by atoms with Crippen LogP contribution in [0.1, 0.15) is 12.5 Å². The molecule has 0 aliphatic heterocycles. The molecule has 2 aromatic rings. The van der Waals surface area contributed by atoms with Gasteiger partial charge in [-0.2, -0.15) is 0 Å². The number of nitrogens with zero attached hydrogens (tertiary/aromatic N) is 1. The van der Waals surface area contributed by atoms with Crippen LogP contribution in [0.2, 0.25) is 0 Å². The van der Waals surface area contributed by atoms with E-state index in [1.165, 1.54) is 13.3 Å². The molecule has 0 saturated heterocycles. The Labute approximate surface area is 123 Å². The number of carbonyl (C=O) groups is 1. The van der Waals surface area contributed by atoms with Crippen molar-refractivity contribution < 1.29 is 14.3 Å². The second-order valence-electron chi connectivity index (χ2n) is 4.65. The molecule has 0 saturated carbocycles. The molecule has 5 nitrogen and oxygen atoms in total. The molecule has 21 heavy (non-hydrogen) atoms. The fraction of sp³-hybridized carbons (Fsp3) is 0.250. The highest BCUT2D eigenvalue weighted by Gasteiger charge is 2.15. The molecule has 1 aromatic heterocycles. The Morgan fingerprint density at radius 2 is 1.90 bits per heavy atom. The molecule has 5 heteroatoms. The van der Waals surface area contributed by atoms with Crippen LogP contribution in [-0.2, 0) is 4.79 Å². The van der Waals surface area contributed by atoms with E-state index in [0.29, 0.717) is 17.3 Å². The Balaban J connectivity index is 1.93. The van der Waals surface area contributed by atoms with Crippen LogP contribution < -0.4 is 14.8 Å². The first kappa shape index (κ1) is 14.8. The van der Waals surface area contributed by atoms with E-state index in [2.05, 4.69) is 10.3 Å². The van der Waals surface area contributed by atoms with Gasteiger partial charge in [-0.05, 0) is 32.0 Å². The molecule has 0 radical (unpaired) electrons. The Kier molecular flexibility index (Phi) is 4.77. The van der Waals surface area contributed by atoms with E-state index in [4.69, 9.17) is 9.47 Å². The van der Waals surface area contributed by atoms with Crippen molar-refractivity contribution in [2.45, 2.75) is 20.0 Å². The molecule has 1 atom stereocenters. The van der Waals surface area contributed by atoms with Crippen LogP contribution in [0.15, 0.2) is 42.6 Å².